The van der Waals surface area contributed by atoms with Crippen LogP contribution in [-0.4, -0.2) is 15.3 Å². The van der Waals surface area contributed by atoms with Crippen LogP contribution in [0.15, 0.2) is 47.3 Å². The Bertz CT molecular complexity index is 840. The zero-order valence-electron chi connectivity index (χ0n) is 10.6. The number of aromatic nitrogens is 2. The number of fused-ring (bicyclic) bond motifs is 1. The molecule has 20 heavy (non-hydrogen) atoms. The van der Waals surface area contributed by atoms with Gasteiger partial charge in [-0.15, -0.1) is 0 Å². The fourth-order valence-electron chi connectivity index (χ4n) is 2.30. The van der Waals surface area contributed by atoms with Gasteiger partial charge in [-0.2, -0.15) is 5.10 Å². The van der Waals surface area contributed by atoms with Crippen LogP contribution in [0.2, 0.25) is 0 Å². The lowest BCUT2D eigenvalue weighted by atomic mass is 10.00. The average molecular weight is 267 g/mol. The number of aliphatic hydroxyl groups excluding tert-OH is 1. The second kappa shape index (κ2) is 4.79. The van der Waals surface area contributed by atoms with Crippen molar-refractivity contribution in [1.29, 1.82) is 0 Å². The summed E-state index contributed by atoms with van der Waals surface area (Å²) in [5.74, 6) is 0. The smallest absolute Gasteiger partial charge is 0.272 e. The van der Waals surface area contributed by atoms with Gasteiger partial charge in [0.15, 0.2) is 0 Å². The molecule has 0 aliphatic carbocycles. The molecule has 3 rings (SSSR count). The number of nitrogens with one attached hydrogen (secondary N) is 1. The van der Waals surface area contributed by atoms with E-state index in [1.165, 1.54) is 0 Å². The minimum absolute atomic E-state index is 0.143. The van der Waals surface area contributed by atoms with Crippen molar-refractivity contribution in [2.75, 3.05) is 5.73 Å². The van der Waals surface area contributed by atoms with E-state index in [0.29, 0.717) is 22.3 Å². The molecule has 0 saturated heterocycles. The molecule has 0 fully saturated rings. The van der Waals surface area contributed by atoms with Gasteiger partial charge in [0, 0.05) is 16.6 Å². The molecule has 0 saturated carbocycles. The van der Waals surface area contributed by atoms with Crippen LogP contribution in [-0.2, 0) is 6.61 Å². The van der Waals surface area contributed by atoms with E-state index in [4.69, 9.17) is 5.73 Å². The van der Waals surface area contributed by atoms with Gasteiger partial charge in [-0.05, 0) is 23.8 Å². The molecule has 0 aliphatic rings. The summed E-state index contributed by atoms with van der Waals surface area (Å²) in [7, 11) is 0. The fraction of sp³-hybridized carbons (Fsp3) is 0.0667. The molecule has 5 heteroatoms. The third-order valence-electron chi connectivity index (χ3n) is 3.25. The molecule has 4 N–H and O–H groups in total. The largest absolute Gasteiger partial charge is 0.399 e. The van der Waals surface area contributed by atoms with Gasteiger partial charge >= 0.3 is 0 Å². The maximum atomic E-state index is 11.8. The molecule has 0 aliphatic heterocycles. The van der Waals surface area contributed by atoms with Crippen LogP contribution in [0.3, 0.4) is 0 Å². The molecule has 0 unspecified atom stereocenters. The SMILES string of the molecule is Nc1ccc(-c2n[nH]c(=O)c3ccccc23)c(CO)c1. The molecular weight excluding hydrogens is 254 g/mol. The molecule has 1 aromatic heterocycles. The summed E-state index contributed by atoms with van der Waals surface area (Å²) in [5, 5.41) is 17.4. The number of hydrogen-bond donors (Lipinski definition) is 3. The average Bonchev–Trinajstić information content (AvgIpc) is 2.48. The third kappa shape index (κ3) is 1.94. The summed E-state index contributed by atoms with van der Waals surface area (Å²) in [4.78, 5) is 11.8. The predicted octanol–water partition coefficient (Wildman–Crippen LogP) is 1.66. The molecule has 2 aromatic carbocycles. The summed E-state index contributed by atoms with van der Waals surface area (Å²) in [6, 6.07) is 12.5. The molecule has 0 spiro atoms. The number of nitrogens with zero attached hydrogens (tertiary/aromatic N) is 1. The number of nitrogens with two attached hydrogens (primary N) is 1. The van der Waals surface area contributed by atoms with Gasteiger partial charge in [0.1, 0.15) is 0 Å². The van der Waals surface area contributed by atoms with Crippen molar-refractivity contribution in [3.63, 3.8) is 0 Å². The van der Waals surface area contributed by atoms with Crippen molar-refractivity contribution in [2.24, 2.45) is 0 Å². The van der Waals surface area contributed by atoms with Gasteiger partial charge in [-0.3, -0.25) is 4.79 Å². The Morgan fingerprint density at radius 2 is 1.90 bits per heavy atom. The first-order chi connectivity index (χ1) is 9.70. The van der Waals surface area contributed by atoms with Crippen LogP contribution in [0, 0.1) is 0 Å². The lowest BCUT2D eigenvalue weighted by molar-refractivity contribution is 0.282. The first kappa shape index (κ1) is 12.4. The summed E-state index contributed by atoms with van der Waals surface area (Å²) in [5.41, 5.74) is 8.14. The van der Waals surface area contributed by atoms with E-state index in [2.05, 4.69) is 10.2 Å². The second-order valence-electron chi connectivity index (χ2n) is 4.52. The first-order valence-corrected chi connectivity index (χ1v) is 6.18. The topological polar surface area (TPSA) is 92.0 Å². The van der Waals surface area contributed by atoms with Gasteiger partial charge in [0.05, 0.1) is 17.7 Å². The molecule has 0 radical (unpaired) electrons. The summed E-state index contributed by atoms with van der Waals surface area (Å²) in [6.07, 6.45) is 0. The first-order valence-electron chi connectivity index (χ1n) is 6.18. The Balaban J connectivity index is 2.36. The van der Waals surface area contributed by atoms with Crippen molar-refractivity contribution >= 4 is 16.5 Å². The van der Waals surface area contributed by atoms with Crippen LogP contribution in [0.5, 0.6) is 0 Å². The quantitative estimate of drug-likeness (QED) is 0.616. The van der Waals surface area contributed by atoms with E-state index in [9.17, 15) is 9.90 Å². The molecule has 1 heterocycles. The number of hydrogen-bond acceptors (Lipinski definition) is 4. The minimum Gasteiger partial charge on any atom is -0.399 e. The number of rotatable bonds is 2. The monoisotopic (exact) mass is 267 g/mol. The molecule has 0 atom stereocenters. The minimum atomic E-state index is -0.231. The fourth-order valence-corrected chi connectivity index (χ4v) is 2.30. The predicted molar refractivity (Wildman–Crippen MR) is 78.1 cm³/mol. The lowest BCUT2D eigenvalue weighted by Gasteiger charge is -2.10. The molecule has 5 nitrogen and oxygen atoms in total. The number of anilines is 1. The molecule has 0 bridgehead atoms. The maximum Gasteiger partial charge on any atom is 0.272 e. The van der Waals surface area contributed by atoms with Gasteiger partial charge in [0.2, 0.25) is 0 Å². The van der Waals surface area contributed by atoms with Crippen molar-refractivity contribution in [2.45, 2.75) is 6.61 Å². The second-order valence-corrected chi connectivity index (χ2v) is 4.52. The van der Waals surface area contributed by atoms with E-state index >= 15 is 0 Å². The number of benzene rings is 2. The number of H-pyrrole nitrogens is 1. The lowest BCUT2D eigenvalue weighted by Crippen LogP contribution is -2.09. The molecule has 100 valence electrons. The van der Waals surface area contributed by atoms with E-state index in [-0.39, 0.29) is 12.2 Å². The molecule has 3 aromatic rings. The Labute approximate surface area is 114 Å². The summed E-state index contributed by atoms with van der Waals surface area (Å²) in [6.45, 7) is -0.143. The Morgan fingerprint density at radius 1 is 1.15 bits per heavy atom. The number of nitrogen functional groups attached to an aromatic ring is 1. The third-order valence-corrected chi connectivity index (χ3v) is 3.25. The van der Waals surface area contributed by atoms with E-state index in [1.807, 2.05) is 12.1 Å². The number of aliphatic hydroxyl groups is 1. The van der Waals surface area contributed by atoms with Crippen LogP contribution in [0.1, 0.15) is 5.56 Å². The van der Waals surface area contributed by atoms with Crippen molar-refractivity contribution in [3.8, 4) is 11.3 Å². The number of aromatic amines is 1. The highest BCUT2D eigenvalue weighted by molar-refractivity contribution is 5.94. The summed E-state index contributed by atoms with van der Waals surface area (Å²) < 4.78 is 0. The molecular formula is C15H13N3O2. The maximum absolute atomic E-state index is 11.8. The normalized spacial score (nSPS) is 10.8. The Morgan fingerprint density at radius 3 is 2.65 bits per heavy atom. The standard InChI is InChI=1S/C15H13N3O2/c16-10-5-6-11(9(7-10)8-19)14-12-3-1-2-4-13(12)15(20)18-17-14/h1-7,19H,8,16H2,(H,18,20). The van der Waals surface area contributed by atoms with E-state index in [1.54, 1.807) is 30.3 Å². The zero-order chi connectivity index (χ0) is 14.1. The van der Waals surface area contributed by atoms with E-state index in [0.717, 1.165) is 10.9 Å². The summed E-state index contributed by atoms with van der Waals surface area (Å²) >= 11 is 0. The zero-order valence-corrected chi connectivity index (χ0v) is 10.6. The van der Waals surface area contributed by atoms with Gasteiger partial charge in [-0.25, -0.2) is 5.10 Å². The van der Waals surface area contributed by atoms with Crippen LogP contribution in [0.25, 0.3) is 22.0 Å². The van der Waals surface area contributed by atoms with Crippen molar-refractivity contribution in [3.05, 3.63) is 58.4 Å². The van der Waals surface area contributed by atoms with Gasteiger partial charge in [-0.1, -0.05) is 24.3 Å². The highest BCUT2D eigenvalue weighted by Gasteiger charge is 2.11. The van der Waals surface area contributed by atoms with Crippen LogP contribution in [0.4, 0.5) is 5.69 Å². The van der Waals surface area contributed by atoms with Gasteiger partial charge in [0.25, 0.3) is 5.56 Å². The Hall–Kier alpha value is -2.66. The van der Waals surface area contributed by atoms with E-state index < -0.39 is 0 Å². The Kier molecular flexibility index (Phi) is 2.96. The molecule has 0 amide bonds. The van der Waals surface area contributed by atoms with Crippen LogP contribution < -0.4 is 11.3 Å². The highest BCUT2D eigenvalue weighted by Crippen LogP contribution is 2.28. The van der Waals surface area contributed by atoms with Gasteiger partial charge < -0.3 is 10.8 Å². The van der Waals surface area contributed by atoms with Crippen molar-refractivity contribution in [1.82, 2.24) is 10.2 Å². The highest BCUT2D eigenvalue weighted by atomic mass is 16.3. The van der Waals surface area contributed by atoms with Crippen molar-refractivity contribution < 1.29 is 5.11 Å². The van der Waals surface area contributed by atoms with Crippen LogP contribution >= 0.6 is 0 Å².